The first-order chi connectivity index (χ1) is 11.3. The monoisotopic (exact) mass is 311 g/mol. The zero-order chi connectivity index (χ0) is 16.2. The van der Waals surface area contributed by atoms with Gasteiger partial charge in [-0.25, -0.2) is 0 Å². The summed E-state index contributed by atoms with van der Waals surface area (Å²) in [7, 11) is 4.78. The number of hydrogen-bond acceptors (Lipinski definition) is 5. The molecule has 5 nitrogen and oxygen atoms in total. The largest absolute Gasteiger partial charge is 0.496 e. The molecule has 0 saturated carbocycles. The van der Waals surface area contributed by atoms with Crippen LogP contribution in [0.2, 0.25) is 0 Å². The summed E-state index contributed by atoms with van der Waals surface area (Å²) in [5.74, 6) is 2.54. The number of aromatic nitrogens is 1. The van der Waals surface area contributed by atoms with E-state index in [1.807, 2.05) is 36.4 Å². The SMILES string of the molecule is COc1cc(OC)c(-c2cc(-c3ccccc3)on2)c(OC)c1. The van der Waals surface area contributed by atoms with Crippen molar-refractivity contribution >= 4 is 0 Å². The van der Waals surface area contributed by atoms with Crippen LogP contribution in [0.4, 0.5) is 0 Å². The molecule has 1 heterocycles. The van der Waals surface area contributed by atoms with Crippen LogP contribution >= 0.6 is 0 Å². The summed E-state index contributed by atoms with van der Waals surface area (Å²) in [6.07, 6.45) is 0. The molecule has 2 aromatic carbocycles. The molecule has 0 unspecified atom stereocenters. The van der Waals surface area contributed by atoms with Crippen LogP contribution in [0.25, 0.3) is 22.6 Å². The molecule has 0 aliphatic heterocycles. The van der Waals surface area contributed by atoms with Crippen LogP contribution < -0.4 is 14.2 Å². The summed E-state index contributed by atoms with van der Waals surface area (Å²) in [6, 6.07) is 15.2. The van der Waals surface area contributed by atoms with Crippen LogP contribution in [-0.2, 0) is 0 Å². The van der Waals surface area contributed by atoms with Crippen molar-refractivity contribution in [1.29, 1.82) is 0 Å². The molecule has 0 spiro atoms. The zero-order valence-corrected chi connectivity index (χ0v) is 13.2. The quantitative estimate of drug-likeness (QED) is 0.712. The lowest BCUT2D eigenvalue weighted by Gasteiger charge is -2.13. The van der Waals surface area contributed by atoms with E-state index in [-0.39, 0.29) is 0 Å². The smallest absolute Gasteiger partial charge is 0.167 e. The Bertz CT molecular complexity index is 771. The number of hydrogen-bond donors (Lipinski definition) is 0. The minimum atomic E-state index is 0.606. The third-order valence-corrected chi connectivity index (χ3v) is 3.54. The summed E-state index contributed by atoms with van der Waals surface area (Å²) in [6.45, 7) is 0. The van der Waals surface area contributed by atoms with Gasteiger partial charge in [0, 0.05) is 23.8 Å². The Morgan fingerprint density at radius 3 is 2.04 bits per heavy atom. The first-order valence-electron chi connectivity index (χ1n) is 7.09. The van der Waals surface area contributed by atoms with Crippen molar-refractivity contribution in [1.82, 2.24) is 5.16 Å². The van der Waals surface area contributed by atoms with Crippen LogP contribution in [0.1, 0.15) is 0 Å². The third-order valence-electron chi connectivity index (χ3n) is 3.54. The number of benzene rings is 2. The molecular formula is C18H17NO4. The van der Waals surface area contributed by atoms with Gasteiger partial charge in [0.15, 0.2) is 5.76 Å². The molecule has 23 heavy (non-hydrogen) atoms. The van der Waals surface area contributed by atoms with E-state index in [0.717, 1.165) is 11.1 Å². The van der Waals surface area contributed by atoms with Crippen LogP contribution in [0.15, 0.2) is 53.1 Å². The Morgan fingerprint density at radius 1 is 0.826 bits per heavy atom. The van der Waals surface area contributed by atoms with Crippen LogP contribution in [-0.4, -0.2) is 26.5 Å². The summed E-state index contributed by atoms with van der Waals surface area (Å²) in [4.78, 5) is 0. The van der Waals surface area contributed by atoms with Gasteiger partial charge in [0.05, 0.1) is 26.9 Å². The topological polar surface area (TPSA) is 53.7 Å². The first kappa shape index (κ1) is 15.0. The molecule has 1 aromatic heterocycles. The van der Waals surface area contributed by atoms with E-state index in [1.165, 1.54) is 0 Å². The molecule has 0 bridgehead atoms. The maximum Gasteiger partial charge on any atom is 0.167 e. The Balaban J connectivity index is 2.10. The van der Waals surface area contributed by atoms with Crippen molar-refractivity contribution in [3.63, 3.8) is 0 Å². The van der Waals surface area contributed by atoms with Gasteiger partial charge >= 0.3 is 0 Å². The highest BCUT2D eigenvalue weighted by molar-refractivity contribution is 5.78. The lowest BCUT2D eigenvalue weighted by Crippen LogP contribution is -1.95. The average molecular weight is 311 g/mol. The van der Waals surface area contributed by atoms with Crippen molar-refractivity contribution in [2.45, 2.75) is 0 Å². The van der Waals surface area contributed by atoms with Crippen molar-refractivity contribution in [3.8, 4) is 39.8 Å². The predicted octanol–water partition coefficient (Wildman–Crippen LogP) is 4.03. The van der Waals surface area contributed by atoms with Gasteiger partial charge in [-0.3, -0.25) is 0 Å². The third kappa shape index (κ3) is 2.85. The molecule has 0 saturated heterocycles. The van der Waals surface area contributed by atoms with Gasteiger partial charge in [-0.05, 0) is 0 Å². The van der Waals surface area contributed by atoms with Crippen molar-refractivity contribution < 1.29 is 18.7 Å². The Morgan fingerprint density at radius 2 is 1.48 bits per heavy atom. The second-order valence-electron chi connectivity index (χ2n) is 4.85. The average Bonchev–Trinajstić information content (AvgIpc) is 3.10. The molecule has 3 rings (SSSR count). The number of ether oxygens (including phenoxy) is 3. The Kier molecular flexibility index (Phi) is 4.19. The zero-order valence-electron chi connectivity index (χ0n) is 13.2. The molecule has 0 aliphatic carbocycles. The lowest BCUT2D eigenvalue weighted by atomic mass is 10.1. The van der Waals surface area contributed by atoms with E-state index in [4.69, 9.17) is 18.7 Å². The highest BCUT2D eigenvalue weighted by Gasteiger charge is 2.19. The maximum atomic E-state index is 5.47. The number of nitrogens with zero attached hydrogens (tertiary/aromatic N) is 1. The predicted molar refractivity (Wildman–Crippen MR) is 87.0 cm³/mol. The molecule has 0 N–H and O–H groups in total. The number of methoxy groups -OCH3 is 3. The highest BCUT2D eigenvalue weighted by Crippen LogP contribution is 2.42. The molecule has 0 atom stereocenters. The van der Waals surface area contributed by atoms with Crippen LogP contribution in [0.3, 0.4) is 0 Å². The minimum Gasteiger partial charge on any atom is -0.496 e. The van der Waals surface area contributed by atoms with Gasteiger partial charge < -0.3 is 18.7 Å². The molecule has 3 aromatic rings. The van der Waals surface area contributed by atoms with Gasteiger partial charge in [-0.15, -0.1) is 0 Å². The summed E-state index contributed by atoms with van der Waals surface area (Å²) in [5.41, 5.74) is 2.32. The standard InChI is InChI=1S/C18H17NO4/c1-20-13-9-16(21-2)18(17(10-13)22-3)14-11-15(23-19-14)12-7-5-4-6-8-12/h4-11H,1-3H3. The Hall–Kier alpha value is -2.95. The number of rotatable bonds is 5. The van der Waals surface area contributed by atoms with E-state index < -0.39 is 0 Å². The van der Waals surface area contributed by atoms with Gasteiger partial charge in [0.2, 0.25) is 0 Å². The molecule has 118 valence electrons. The van der Waals surface area contributed by atoms with Gasteiger partial charge in [0.1, 0.15) is 22.9 Å². The Labute approximate surface area is 134 Å². The second kappa shape index (κ2) is 6.44. The summed E-state index contributed by atoms with van der Waals surface area (Å²) in [5, 5.41) is 4.16. The highest BCUT2D eigenvalue weighted by atomic mass is 16.5. The lowest BCUT2D eigenvalue weighted by molar-refractivity contribution is 0.376. The van der Waals surface area contributed by atoms with Crippen molar-refractivity contribution in [3.05, 3.63) is 48.5 Å². The summed E-state index contributed by atoms with van der Waals surface area (Å²) >= 11 is 0. The molecule has 0 radical (unpaired) electrons. The van der Waals surface area contributed by atoms with Crippen LogP contribution in [0, 0.1) is 0 Å². The minimum absolute atomic E-state index is 0.606. The molecule has 5 heteroatoms. The van der Waals surface area contributed by atoms with Crippen molar-refractivity contribution in [2.75, 3.05) is 21.3 Å². The molecule has 0 amide bonds. The maximum absolute atomic E-state index is 5.47. The van der Waals surface area contributed by atoms with Crippen LogP contribution in [0.5, 0.6) is 17.2 Å². The molecule has 0 aliphatic rings. The van der Waals surface area contributed by atoms with E-state index in [1.54, 1.807) is 33.5 Å². The van der Waals surface area contributed by atoms with Crippen molar-refractivity contribution in [2.24, 2.45) is 0 Å². The van der Waals surface area contributed by atoms with Gasteiger partial charge in [-0.1, -0.05) is 35.5 Å². The summed E-state index contributed by atoms with van der Waals surface area (Å²) < 4.78 is 21.6. The van der Waals surface area contributed by atoms with E-state index >= 15 is 0 Å². The second-order valence-corrected chi connectivity index (χ2v) is 4.85. The van der Waals surface area contributed by atoms with Gasteiger partial charge in [-0.2, -0.15) is 0 Å². The van der Waals surface area contributed by atoms with Gasteiger partial charge in [0.25, 0.3) is 0 Å². The fourth-order valence-electron chi connectivity index (χ4n) is 2.39. The molecular weight excluding hydrogens is 294 g/mol. The van der Waals surface area contributed by atoms with E-state index in [2.05, 4.69) is 5.16 Å². The fraction of sp³-hybridized carbons (Fsp3) is 0.167. The van der Waals surface area contributed by atoms with E-state index in [0.29, 0.717) is 28.7 Å². The first-order valence-corrected chi connectivity index (χ1v) is 7.09. The molecule has 0 fully saturated rings. The fourth-order valence-corrected chi connectivity index (χ4v) is 2.39. The van der Waals surface area contributed by atoms with E-state index in [9.17, 15) is 0 Å². The normalized spacial score (nSPS) is 10.4.